The summed E-state index contributed by atoms with van der Waals surface area (Å²) in [5, 5.41) is 3.09. The first-order chi connectivity index (χ1) is 10.2. The van der Waals surface area contributed by atoms with Gasteiger partial charge in [-0.25, -0.2) is 0 Å². The van der Waals surface area contributed by atoms with Gasteiger partial charge in [0.15, 0.2) is 0 Å². The molecule has 4 fully saturated rings. The van der Waals surface area contributed by atoms with Crippen molar-refractivity contribution in [3.63, 3.8) is 0 Å². The van der Waals surface area contributed by atoms with Gasteiger partial charge in [-0.3, -0.25) is 9.59 Å². The van der Waals surface area contributed by atoms with Crippen molar-refractivity contribution in [2.45, 2.75) is 63.2 Å². The molecule has 5 nitrogen and oxygen atoms in total. The van der Waals surface area contributed by atoms with E-state index in [4.69, 9.17) is 4.74 Å². The third-order valence-corrected chi connectivity index (χ3v) is 5.53. The molecule has 2 aliphatic carbocycles. The molecular weight excluding hydrogens is 268 g/mol. The Labute approximate surface area is 125 Å². The zero-order valence-electron chi connectivity index (χ0n) is 12.4. The molecular formula is C16H24N2O3. The fraction of sp³-hybridized carbons (Fsp3) is 0.875. The molecule has 2 saturated carbocycles. The van der Waals surface area contributed by atoms with Crippen molar-refractivity contribution in [2.24, 2.45) is 11.8 Å². The van der Waals surface area contributed by atoms with Gasteiger partial charge in [-0.15, -0.1) is 0 Å². The zero-order valence-corrected chi connectivity index (χ0v) is 12.4. The molecule has 2 saturated heterocycles. The standard InChI is InChI=1S/C16H24N2O3/c19-15(17-12-2-1-3-12)13-8-11-6-7-18(9-14(11)21-13)16(20)10-4-5-10/h10-14H,1-9H2,(H,17,19)/t11-,13-,14-/m0/s1. The van der Waals surface area contributed by atoms with Crippen LogP contribution in [0.3, 0.4) is 0 Å². The van der Waals surface area contributed by atoms with E-state index in [0.717, 1.165) is 45.1 Å². The van der Waals surface area contributed by atoms with Crippen molar-refractivity contribution >= 4 is 11.8 Å². The summed E-state index contributed by atoms with van der Waals surface area (Å²) in [6.45, 7) is 1.53. The summed E-state index contributed by atoms with van der Waals surface area (Å²) in [6.07, 6.45) is 7.12. The molecule has 116 valence electrons. The molecule has 0 bridgehead atoms. The fourth-order valence-electron chi connectivity index (χ4n) is 3.73. The van der Waals surface area contributed by atoms with Gasteiger partial charge in [0.25, 0.3) is 0 Å². The van der Waals surface area contributed by atoms with Crippen LogP contribution in [0, 0.1) is 11.8 Å². The van der Waals surface area contributed by atoms with Gasteiger partial charge in [0.2, 0.25) is 11.8 Å². The van der Waals surface area contributed by atoms with E-state index in [-0.39, 0.29) is 24.0 Å². The van der Waals surface area contributed by atoms with Gasteiger partial charge in [0.05, 0.1) is 6.10 Å². The van der Waals surface area contributed by atoms with Gasteiger partial charge in [-0.05, 0) is 50.9 Å². The maximum Gasteiger partial charge on any atom is 0.249 e. The van der Waals surface area contributed by atoms with Crippen LogP contribution in [0.5, 0.6) is 0 Å². The number of hydrogen-bond donors (Lipinski definition) is 1. The number of rotatable bonds is 3. The van der Waals surface area contributed by atoms with Crippen molar-refractivity contribution in [1.82, 2.24) is 10.2 Å². The summed E-state index contributed by atoms with van der Waals surface area (Å²) in [6, 6.07) is 0.372. The molecule has 0 aromatic carbocycles. The normalized spacial score (nSPS) is 36.0. The summed E-state index contributed by atoms with van der Waals surface area (Å²) in [7, 11) is 0. The lowest BCUT2D eigenvalue weighted by Gasteiger charge is -2.34. The Hall–Kier alpha value is -1.10. The largest absolute Gasteiger partial charge is 0.363 e. The lowest BCUT2D eigenvalue weighted by atomic mass is 9.90. The minimum atomic E-state index is -0.295. The molecule has 2 amide bonds. The summed E-state index contributed by atoms with van der Waals surface area (Å²) in [4.78, 5) is 26.3. The summed E-state index contributed by atoms with van der Waals surface area (Å²) >= 11 is 0. The molecule has 0 radical (unpaired) electrons. The summed E-state index contributed by atoms with van der Waals surface area (Å²) in [5.74, 6) is 1.10. The Morgan fingerprint density at radius 1 is 1.10 bits per heavy atom. The van der Waals surface area contributed by atoms with Crippen molar-refractivity contribution in [2.75, 3.05) is 13.1 Å². The molecule has 0 aromatic rings. The highest BCUT2D eigenvalue weighted by Crippen LogP contribution is 2.37. The number of carbonyl (C=O) groups is 2. The van der Waals surface area contributed by atoms with Crippen LogP contribution >= 0.6 is 0 Å². The van der Waals surface area contributed by atoms with E-state index in [1.54, 1.807) is 0 Å². The molecule has 0 unspecified atom stereocenters. The van der Waals surface area contributed by atoms with E-state index < -0.39 is 0 Å². The van der Waals surface area contributed by atoms with Crippen LogP contribution in [-0.2, 0) is 14.3 Å². The minimum absolute atomic E-state index is 0.0640. The third kappa shape index (κ3) is 2.68. The third-order valence-electron chi connectivity index (χ3n) is 5.53. The van der Waals surface area contributed by atoms with Crippen molar-refractivity contribution in [3.8, 4) is 0 Å². The van der Waals surface area contributed by atoms with Crippen molar-refractivity contribution in [1.29, 1.82) is 0 Å². The monoisotopic (exact) mass is 292 g/mol. The second kappa shape index (κ2) is 5.27. The average Bonchev–Trinajstić information content (AvgIpc) is 3.20. The van der Waals surface area contributed by atoms with Crippen molar-refractivity contribution < 1.29 is 14.3 Å². The molecule has 2 aliphatic heterocycles. The van der Waals surface area contributed by atoms with E-state index in [1.807, 2.05) is 4.90 Å². The van der Waals surface area contributed by atoms with Gasteiger partial charge in [-0.2, -0.15) is 0 Å². The van der Waals surface area contributed by atoms with Crippen LogP contribution in [0.2, 0.25) is 0 Å². The molecule has 2 heterocycles. The highest BCUT2D eigenvalue weighted by Gasteiger charge is 2.44. The number of likely N-dealkylation sites (tertiary alicyclic amines) is 1. The Morgan fingerprint density at radius 2 is 1.90 bits per heavy atom. The molecule has 5 heteroatoms. The van der Waals surface area contributed by atoms with Crippen LogP contribution in [-0.4, -0.2) is 48.1 Å². The van der Waals surface area contributed by atoms with Crippen LogP contribution < -0.4 is 5.32 Å². The second-order valence-corrected chi connectivity index (χ2v) is 7.14. The predicted octanol–water partition coefficient (Wildman–Crippen LogP) is 1.07. The first-order valence-corrected chi connectivity index (χ1v) is 8.45. The van der Waals surface area contributed by atoms with Crippen LogP contribution in [0.4, 0.5) is 0 Å². The number of nitrogens with zero attached hydrogens (tertiary/aromatic N) is 1. The average molecular weight is 292 g/mol. The molecule has 4 rings (SSSR count). The number of fused-ring (bicyclic) bond motifs is 1. The second-order valence-electron chi connectivity index (χ2n) is 7.14. The van der Waals surface area contributed by atoms with Gasteiger partial charge in [-0.1, -0.05) is 0 Å². The van der Waals surface area contributed by atoms with E-state index in [9.17, 15) is 9.59 Å². The highest BCUT2D eigenvalue weighted by molar-refractivity contribution is 5.82. The Bertz CT molecular complexity index is 445. The Kier molecular flexibility index (Phi) is 3.40. The van der Waals surface area contributed by atoms with E-state index in [0.29, 0.717) is 24.4 Å². The fourth-order valence-corrected chi connectivity index (χ4v) is 3.73. The van der Waals surface area contributed by atoms with Crippen LogP contribution in [0.15, 0.2) is 0 Å². The summed E-state index contributed by atoms with van der Waals surface area (Å²) in [5.41, 5.74) is 0. The van der Waals surface area contributed by atoms with Gasteiger partial charge < -0.3 is 15.0 Å². The lowest BCUT2D eigenvalue weighted by Crippen LogP contribution is -2.46. The first kappa shape index (κ1) is 13.6. The molecule has 1 N–H and O–H groups in total. The molecule has 4 aliphatic rings. The van der Waals surface area contributed by atoms with E-state index in [1.165, 1.54) is 6.42 Å². The molecule has 0 spiro atoms. The van der Waals surface area contributed by atoms with Crippen molar-refractivity contribution in [3.05, 3.63) is 0 Å². The number of hydrogen-bond acceptors (Lipinski definition) is 3. The maximum absolute atomic E-state index is 12.2. The molecule has 0 aromatic heterocycles. The van der Waals surface area contributed by atoms with E-state index >= 15 is 0 Å². The van der Waals surface area contributed by atoms with Gasteiger partial charge in [0.1, 0.15) is 6.10 Å². The Morgan fingerprint density at radius 3 is 2.57 bits per heavy atom. The minimum Gasteiger partial charge on any atom is -0.363 e. The zero-order chi connectivity index (χ0) is 14.4. The smallest absolute Gasteiger partial charge is 0.249 e. The van der Waals surface area contributed by atoms with Gasteiger partial charge >= 0.3 is 0 Å². The highest BCUT2D eigenvalue weighted by atomic mass is 16.5. The quantitative estimate of drug-likeness (QED) is 0.846. The SMILES string of the molecule is O=C(NC1CCC1)[C@@H]1C[C@@H]2CCN(C(=O)C3CC3)C[C@@H]2O1. The number of carbonyl (C=O) groups excluding carboxylic acids is 2. The van der Waals surface area contributed by atoms with E-state index in [2.05, 4.69) is 5.32 Å². The molecule has 3 atom stereocenters. The number of ether oxygens (including phenoxy) is 1. The predicted molar refractivity (Wildman–Crippen MR) is 76.5 cm³/mol. The maximum atomic E-state index is 12.2. The van der Waals surface area contributed by atoms with Crippen LogP contribution in [0.1, 0.15) is 44.9 Å². The first-order valence-electron chi connectivity index (χ1n) is 8.45. The topological polar surface area (TPSA) is 58.6 Å². The number of amides is 2. The number of nitrogens with one attached hydrogen (secondary N) is 1. The number of piperidine rings is 1. The summed E-state index contributed by atoms with van der Waals surface area (Å²) < 4.78 is 5.97. The van der Waals surface area contributed by atoms with Crippen LogP contribution in [0.25, 0.3) is 0 Å². The lowest BCUT2D eigenvalue weighted by molar-refractivity contribution is -0.139. The van der Waals surface area contributed by atoms with Gasteiger partial charge in [0, 0.05) is 25.0 Å². The molecule has 21 heavy (non-hydrogen) atoms. The Balaban J connectivity index is 1.32.